The van der Waals surface area contributed by atoms with Crippen molar-refractivity contribution in [3.63, 3.8) is 0 Å². The number of aryl methyl sites for hydroxylation is 1. The fraction of sp³-hybridized carbons (Fsp3) is 0.400. The number of aliphatic carboxylic acids is 1. The lowest BCUT2D eigenvalue weighted by atomic mass is 9.78. The minimum Gasteiger partial charge on any atom is -0.497 e. The lowest BCUT2D eigenvalue weighted by molar-refractivity contribution is -0.136. The molecule has 0 radical (unpaired) electrons. The number of furan rings is 1. The second kappa shape index (κ2) is 8.43. The van der Waals surface area contributed by atoms with E-state index in [4.69, 9.17) is 23.2 Å². The van der Waals surface area contributed by atoms with E-state index in [1.54, 1.807) is 25.3 Å². The Hall–Kier alpha value is -2.97. The predicted octanol–water partition coefficient (Wildman–Crippen LogP) is 4.26. The minimum absolute atomic E-state index is 0.142. The Morgan fingerprint density at radius 2 is 1.76 bits per heavy atom. The van der Waals surface area contributed by atoms with Crippen LogP contribution in [0.3, 0.4) is 0 Å². The van der Waals surface area contributed by atoms with Crippen LogP contribution in [0.2, 0.25) is 0 Å². The quantitative estimate of drug-likeness (QED) is 0.536. The van der Waals surface area contributed by atoms with Crippen molar-refractivity contribution in [2.45, 2.75) is 58.8 Å². The van der Waals surface area contributed by atoms with E-state index < -0.39 is 24.3 Å². The van der Waals surface area contributed by atoms with Gasteiger partial charge in [-0.3, -0.25) is 4.79 Å². The molecule has 0 atom stereocenters. The van der Waals surface area contributed by atoms with Crippen LogP contribution in [0, 0.1) is 6.92 Å². The lowest BCUT2D eigenvalue weighted by Gasteiger charge is -2.32. The molecule has 1 N–H and O–H groups in total. The molecule has 1 aliphatic rings. The first kappa shape index (κ1) is 23.2. The van der Waals surface area contributed by atoms with Crippen molar-refractivity contribution < 1.29 is 33.1 Å². The van der Waals surface area contributed by atoms with E-state index >= 15 is 0 Å². The molecule has 0 spiro atoms. The summed E-state index contributed by atoms with van der Waals surface area (Å²) in [5.74, 6) is 0.865. The topological polar surface area (TPSA) is 87.4 Å². The molecule has 0 unspecified atom stereocenters. The summed E-state index contributed by atoms with van der Waals surface area (Å²) < 4.78 is 29.7. The maximum Gasteiger partial charge on any atom is 0.494 e. The molecule has 3 aromatic rings. The average molecular weight is 452 g/mol. The summed E-state index contributed by atoms with van der Waals surface area (Å²) in [5, 5.41) is 10.1. The van der Waals surface area contributed by atoms with Gasteiger partial charge < -0.3 is 28.3 Å². The molecule has 33 heavy (non-hydrogen) atoms. The van der Waals surface area contributed by atoms with Crippen LogP contribution in [0.1, 0.15) is 44.6 Å². The van der Waals surface area contributed by atoms with E-state index in [9.17, 15) is 9.90 Å². The first-order valence-electron chi connectivity index (χ1n) is 10.9. The number of benzene rings is 2. The molecular weight excluding hydrogens is 423 g/mol. The van der Waals surface area contributed by atoms with Gasteiger partial charge in [0.05, 0.1) is 24.7 Å². The van der Waals surface area contributed by atoms with Gasteiger partial charge in [0.2, 0.25) is 0 Å². The third kappa shape index (κ3) is 4.45. The molecule has 2 aromatic carbocycles. The standard InChI is InChI=1S/C25H29BO7/c1-15-20(14-30-22-13-18(29-6)9-7-16(22)11-23(27)28)19-12-17(8-10-21(19)31-15)26-32-24(2,3)25(4,5)33-26/h7-10,12-13H,11,14H2,1-6H3,(H,27,28). The second-order valence-electron chi connectivity index (χ2n) is 9.31. The fourth-order valence-corrected chi connectivity index (χ4v) is 3.85. The van der Waals surface area contributed by atoms with Gasteiger partial charge in [-0.05, 0) is 52.2 Å². The molecule has 1 fully saturated rings. The zero-order chi connectivity index (χ0) is 24.0. The number of carbonyl (C=O) groups is 1. The number of fused-ring (bicyclic) bond motifs is 1. The molecule has 1 aliphatic heterocycles. The van der Waals surface area contributed by atoms with E-state index in [0.717, 1.165) is 27.8 Å². The Bertz CT molecular complexity index is 1180. The van der Waals surface area contributed by atoms with Gasteiger partial charge >= 0.3 is 13.1 Å². The summed E-state index contributed by atoms with van der Waals surface area (Å²) in [6.45, 7) is 10.2. The first-order chi connectivity index (χ1) is 15.5. The highest BCUT2D eigenvalue weighted by Crippen LogP contribution is 2.37. The maximum atomic E-state index is 11.3. The van der Waals surface area contributed by atoms with Crippen LogP contribution in [0.5, 0.6) is 11.5 Å². The normalized spacial score (nSPS) is 16.8. The summed E-state index contributed by atoms with van der Waals surface area (Å²) in [6, 6.07) is 11.0. The Morgan fingerprint density at radius 3 is 2.39 bits per heavy atom. The Kier molecular flexibility index (Phi) is 5.93. The van der Waals surface area contributed by atoms with Gasteiger partial charge in [-0.1, -0.05) is 18.2 Å². The van der Waals surface area contributed by atoms with Crippen LogP contribution in [-0.4, -0.2) is 36.5 Å². The summed E-state index contributed by atoms with van der Waals surface area (Å²) in [5.41, 5.74) is 2.23. The van der Waals surface area contributed by atoms with Gasteiger partial charge in [-0.15, -0.1) is 0 Å². The van der Waals surface area contributed by atoms with Gasteiger partial charge in [-0.25, -0.2) is 0 Å². The van der Waals surface area contributed by atoms with E-state index in [1.807, 2.05) is 52.8 Å². The molecule has 4 rings (SSSR count). The molecule has 7 nitrogen and oxygen atoms in total. The van der Waals surface area contributed by atoms with Crippen molar-refractivity contribution >= 4 is 29.5 Å². The van der Waals surface area contributed by atoms with Gasteiger partial charge in [-0.2, -0.15) is 0 Å². The van der Waals surface area contributed by atoms with Crippen LogP contribution in [0.15, 0.2) is 40.8 Å². The van der Waals surface area contributed by atoms with Crippen molar-refractivity contribution in [3.05, 3.63) is 53.3 Å². The van der Waals surface area contributed by atoms with Crippen LogP contribution in [0.25, 0.3) is 11.0 Å². The van der Waals surface area contributed by atoms with E-state index in [1.165, 1.54) is 0 Å². The molecule has 0 bridgehead atoms. The summed E-state index contributed by atoms with van der Waals surface area (Å²) in [7, 11) is 1.07. The molecule has 1 aromatic heterocycles. The zero-order valence-electron chi connectivity index (χ0n) is 19.9. The number of methoxy groups -OCH3 is 1. The predicted molar refractivity (Wildman–Crippen MR) is 125 cm³/mol. The van der Waals surface area contributed by atoms with Gasteiger partial charge in [0.15, 0.2) is 0 Å². The summed E-state index contributed by atoms with van der Waals surface area (Å²) in [6.07, 6.45) is -0.142. The second-order valence-corrected chi connectivity index (χ2v) is 9.31. The van der Waals surface area contributed by atoms with Gasteiger partial charge in [0.25, 0.3) is 0 Å². The zero-order valence-corrected chi connectivity index (χ0v) is 19.9. The molecular formula is C25H29BO7. The van der Waals surface area contributed by atoms with E-state index in [2.05, 4.69) is 0 Å². The van der Waals surface area contributed by atoms with Crippen molar-refractivity contribution in [2.75, 3.05) is 7.11 Å². The molecule has 0 amide bonds. The molecule has 1 saturated heterocycles. The number of carboxylic acids is 1. The van der Waals surface area contributed by atoms with Crippen LogP contribution < -0.4 is 14.9 Å². The summed E-state index contributed by atoms with van der Waals surface area (Å²) in [4.78, 5) is 11.3. The average Bonchev–Trinajstić information content (AvgIpc) is 3.17. The minimum atomic E-state index is -0.929. The van der Waals surface area contributed by atoms with E-state index in [0.29, 0.717) is 17.1 Å². The van der Waals surface area contributed by atoms with Gasteiger partial charge in [0, 0.05) is 22.6 Å². The van der Waals surface area contributed by atoms with Crippen molar-refractivity contribution in [1.82, 2.24) is 0 Å². The number of hydrogen-bond acceptors (Lipinski definition) is 6. The van der Waals surface area contributed by atoms with E-state index in [-0.39, 0.29) is 13.0 Å². The SMILES string of the molecule is COc1ccc(CC(=O)O)c(OCc2c(C)oc3ccc(B4OC(C)(C)C(C)(C)O4)cc23)c1. The highest BCUT2D eigenvalue weighted by atomic mass is 16.7. The monoisotopic (exact) mass is 452 g/mol. The Labute approximate surface area is 193 Å². The van der Waals surface area contributed by atoms with Crippen molar-refractivity contribution in [2.24, 2.45) is 0 Å². The third-order valence-corrected chi connectivity index (χ3v) is 6.53. The molecule has 8 heteroatoms. The number of hydrogen-bond donors (Lipinski definition) is 1. The van der Waals surface area contributed by atoms with Crippen molar-refractivity contribution in [1.29, 1.82) is 0 Å². The molecule has 0 aliphatic carbocycles. The molecule has 2 heterocycles. The summed E-state index contributed by atoms with van der Waals surface area (Å²) >= 11 is 0. The highest BCUT2D eigenvalue weighted by Gasteiger charge is 2.51. The Balaban J connectivity index is 1.64. The largest absolute Gasteiger partial charge is 0.497 e. The third-order valence-electron chi connectivity index (χ3n) is 6.53. The molecule has 0 saturated carbocycles. The van der Waals surface area contributed by atoms with Crippen LogP contribution in [-0.2, 0) is 27.1 Å². The van der Waals surface area contributed by atoms with Crippen LogP contribution in [0.4, 0.5) is 0 Å². The first-order valence-corrected chi connectivity index (χ1v) is 10.9. The highest BCUT2D eigenvalue weighted by molar-refractivity contribution is 6.62. The number of carboxylic acid groups (broad SMARTS) is 1. The van der Waals surface area contributed by atoms with Crippen molar-refractivity contribution in [3.8, 4) is 11.5 Å². The maximum absolute atomic E-state index is 11.3. The van der Waals surface area contributed by atoms with Crippen LogP contribution >= 0.6 is 0 Å². The lowest BCUT2D eigenvalue weighted by Crippen LogP contribution is -2.41. The number of rotatable bonds is 7. The van der Waals surface area contributed by atoms with Gasteiger partial charge in [0.1, 0.15) is 29.4 Å². The smallest absolute Gasteiger partial charge is 0.494 e. The fourth-order valence-electron chi connectivity index (χ4n) is 3.85. The molecule has 174 valence electrons. The number of ether oxygens (including phenoxy) is 2. The Morgan fingerprint density at radius 1 is 1.06 bits per heavy atom.